The smallest absolute Gasteiger partial charge is 0.0271 e. The van der Waals surface area contributed by atoms with E-state index in [1.807, 2.05) is 12.4 Å². The van der Waals surface area contributed by atoms with Gasteiger partial charge in [0.05, 0.1) is 0 Å². The molecule has 1 saturated heterocycles. The molecule has 0 saturated carbocycles. The van der Waals surface area contributed by atoms with Gasteiger partial charge in [0, 0.05) is 25.0 Å². The molecule has 1 aliphatic heterocycles. The van der Waals surface area contributed by atoms with Gasteiger partial charge in [-0.05, 0) is 50.2 Å². The van der Waals surface area contributed by atoms with E-state index >= 15 is 0 Å². The quantitative estimate of drug-likeness (QED) is 0.834. The molecule has 2 heterocycles. The summed E-state index contributed by atoms with van der Waals surface area (Å²) in [4.78, 5) is 6.58. The maximum Gasteiger partial charge on any atom is 0.0271 e. The minimum Gasteiger partial charge on any atom is -0.314 e. The second-order valence-corrected chi connectivity index (χ2v) is 4.46. The van der Waals surface area contributed by atoms with E-state index in [2.05, 4.69) is 34.3 Å². The number of pyridine rings is 1. The minimum atomic E-state index is 0.735. The highest BCUT2D eigenvalue weighted by Crippen LogP contribution is 2.13. The van der Waals surface area contributed by atoms with Crippen molar-refractivity contribution >= 4 is 0 Å². The van der Waals surface area contributed by atoms with E-state index in [-0.39, 0.29) is 0 Å². The lowest BCUT2D eigenvalue weighted by atomic mass is 10.0. The van der Waals surface area contributed by atoms with Crippen LogP contribution in [0.25, 0.3) is 0 Å². The maximum atomic E-state index is 4.05. The van der Waals surface area contributed by atoms with Crippen molar-refractivity contribution in [1.29, 1.82) is 0 Å². The molecule has 0 amide bonds. The summed E-state index contributed by atoms with van der Waals surface area (Å²) in [5, 5.41) is 3.53. The van der Waals surface area contributed by atoms with Gasteiger partial charge in [0.1, 0.15) is 0 Å². The first kappa shape index (κ1) is 11.6. The first-order valence-electron chi connectivity index (χ1n) is 6.23. The zero-order valence-electron chi connectivity index (χ0n) is 10.0. The van der Waals surface area contributed by atoms with Gasteiger partial charge in [0.25, 0.3) is 0 Å². The molecule has 0 radical (unpaired) electrons. The van der Waals surface area contributed by atoms with Crippen molar-refractivity contribution in [1.82, 2.24) is 15.2 Å². The average Bonchev–Trinajstić information content (AvgIpc) is 2.33. The zero-order chi connectivity index (χ0) is 11.2. The molecule has 3 heteroatoms. The fourth-order valence-electron chi connectivity index (χ4n) is 2.33. The van der Waals surface area contributed by atoms with Crippen LogP contribution in [0.3, 0.4) is 0 Å². The number of hydrogen-bond donors (Lipinski definition) is 1. The van der Waals surface area contributed by atoms with Crippen molar-refractivity contribution in [2.75, 3.05) is 19.6 Å². The first-order chi connectivity index (χ1) is 7.88. The Balaban J connectivity index is 1.77. The van der Waals surface area contributed by atoms with Crippen molar-refractivity contribution in [3.8, 4) is 0 Å². The fraction of sp³-hybridized carbons (Fsp3) is 0.615. The van der Waals surface area contributed by atoms with Crippen LogP contribution in [0.2, 0.25) is 0 Å². The van der Waals surface area contributed by atoms with Gasteiger partial charge in [0.2, 0.25) is 0 Å². The van der Waals surface area contributed by atoms with Crippen molar-refractivity contribution < 1.29 is 0 Å². The van der Waals surface area contributed by atoms with Crippen LogP contribution in [0, 0.1) is 0 Å². The lowest BCUT2D eigenvalue weighted by molar-refractivity contribution is 0.192. The Bertz CT molecular complexity index is 291. The summed E-state index contributed by atoms with van der Waals surface area (Å²) in [6, 6.07) is 4.95. The van der Waals surface area contributed by atoms with Crippen LogP contribution in [0.15, 0.2) is 24.5 Å². The van der Waals surface area contributed by atoms with Crippen LogP contribution in [0.1, 0.15) is 25.3 Å². The number of aromatic nitrogens is 1. The monoisotopic (exact) mass is 219 g/mol. The molecular formula is C13H21N3. The van der Waals surface area contributed by atoms with Crippen LogP contribution in [0.5, 0.6) is 0 Å². The molecular weight excluding hydrogens is 198 g/mol. The van der Waals surface area contributed by atoms with Crippen LogP contribution < -0.4 is 5.32 Å². The fourth-order valence-corrected chi connectivity index (χ4v) is 2.33. The number of likely N-dealkylation sites (tertiary alicyclic amines) is 1. The number of rotatable bonds is 4. The van der Waals surface area contributed by atoms with Gasteiger partial charge in [-0.3, -0.25) is 9.88 Å². The van der Waals surface area contributed by atoms with Crippen LogP contribution in [-0.2, 0) is 6.54 Å². The summed E-state index contributed by atoms with van der Waals surface area (Å²) >= 11 is 0. The van der Waals surface area contributed by atoms with Gasteiger partial charge in [0.15, 0.2) is 0 Å². The van der Waals surface area contributed by atoms with Gasteiger partial charge in [-0.15, -0.1) is 0 Å². The average molecular weight is 219 g/mol. The first-order valence-corrected chi connectivity index (χ1v) is 6.23. The number of nitrogens with one attached hydrogen (secondary N) is 1. The van der Waals surface area contributed by atoms with Gasteiger partial charge in [-0.2, -0.15) is 0 Å². The molecule has 1 N–H and O–H groups in total. The number of piperidine rings is 1. The summed E-state index contributed by atoms with van der Waals surface area (Å²) in [6.45, 7) is 6.76. The largest absolute Gasteiger partial charge is 0.314 e. The Hall–Kier alpha value is -0.930. The molecule has 0 spiro atoms. The van der Waals surface area contributed by atoms with E-state index < -0.39 is 0 Å². The van der Waals surface area contributed by atoms with E-state index in [0.29, 0.717) is 0 Å². The lowest BCUT2D eigenvalue weighted by Gasteiger charge is -2.32. The summed E-state index contributed by atoms with van der Waals surface area (Å²) in [5.74, 6) is 0. The number of hydrogen-bond acceptors (Lipinski definition) is 3. The molecule has 1 aromatic heterocycles. The van der Waals surface area contributed by atoms with Crippen molar-refractivity contribution in [2.45, 2.75) is 32.4 Å². The third kappa shape index (κ3) is 3.29. The normalized spacial score (nSPS) is 18.8. The predicted molar refractivity (Wildman–Crippen MR) is 66.2 cm³/mol. The second kappa shape index (κ2) is 5.97. The minimum absolute atomic E-state index is 0.735. The van der Waals surface area contributed by atoms with E-state index in [1.54, 1.807) is 0 Å². The maximum absolute atomic E-state index is 4.05. The molecule has 88 valence electrons. The van der Waals surface area contributed by atoms with E-state index in [4.69, 9.17) is 0 Å². The van der Waals surface area contributed by atoms with E-state index in [1.165, 1.54) is 31.5 Å². The predicted octanol–water partition coefficient (Wildman–Crippen LogP) is 1.66. The Morgan fingerprint density at radius 3 is 2.62 bits per heavy atom. The molecule has 1 aromatic rings. The van der Waals surface area contributed by atoms with Crippen LogP contribution >= 0.6 is 0 Å². The highest BCUT2D eigenvalue weighted by Gasteiger charge is 2.17. The third-order valence-corrected chi connectivity index (χ3v) is 3.24. The highest BCUT2D eigenvalue weighted by atomic mass is 15.1. The molecule has 16 heavy (non-hydrogen) atoms. The molecule has 2 rings (SSSR count). The molecule has 1 aliphatic rings. The van der Waals surface area contributed by atoms with Crippen LogP contribution in [-0.4, -0.2) is 35.6 Å². The van der Waals surface area contributed by atoms with E-state index in [0.717, 1.165) is 19.1 Å². The Morgan fingerprint density at radius 1 is 1.31 bits per heavy atom. The standard InChI is InChI=1S/C13H21N3/c1-2-15-13-5-9-16(10-6-13)11-12-3-7-14-8-4-12/h3-4,7-8,13,15H,2,5-6,9-11H2,1H3. The van der Waals surface area contributed by atoms with Crippen molar-refractivity contribution in [3.63, 3.8) is 0 Å². The second-order valence-electron chi connectivity index (χ2n) is 4.46. The molecule has 0 aromatic carbocycles. The molecule has 1 fully saturated rings. The van der Waals surface area contributed by atoms with Crippen molar-refractivity contribution in [2.24, 2.45) is 0 Å². The van der Waals surface area contributed by atoms with Gasteiger partial charge < -0.3 is 5.32 Å². The number of nitrogens with zero attached hydrogens (tertiary/aromatic N) is 2. The Labute approximate surface area is 97.9 Å². The molecule has 0 aliphatic carbocycles. The van der Waals surface area contributed by atoms with Gasteiger partial charge in [-0.1, -0.05) is 6.92 Å². The molecule has 0 unspecified atom stereocenters. The Kier molecular flexibility index (Phi) is 4.31. The molecule has 3 nitrogen and oxygen atoms in total. The van der Waals surface area contributed by atoms with Gasteiger partial charge in [-0.25, -0.2) is 0 Å². The molecule has 0 bridgehead atoms. The van der Waals surface area contributed by atoms with E-state index in [9.17, 15) is 0 Å². The topological polar surface area (TPSA) is 28.2 Å². The Morgan fingerprint density at radius 2 is 2.00 bits per heavy atom. The summed E-state index contributed by atoms with van der Waals surface area (Å²) in [7, 11) is 0. The summed E-state index contributed by atoms with van der Waals surface area (Å²) in [6.07, 6.45) is 6.30. The molecule has 0 atom stereocenters. The summed E-state index contributed by atoms with van der Waals surface area (Å²) < 4.78 is 0. The SMILES string of the molecule is CCNC1CCN(Cc2ccncc2)CC1. The third-order valence-electron chi connectivity index (χ3n) is 3.24. The highest BCUT2D eigenvalue weighted by molar-refractivity contribution is 5.09. The summed E-state index contributed by atoms with van der Waals surface area (Å²) in [5.41, 5.74) is 1.37. The van der Waals surface area contributed by atoms with Crippen molar-refractivity contribution in [3.05, 3.63) is 30.1 Å². The van der Waals surface area contributed by atoms with Crippen LogP contribution in [0.4, 0.5) is 0 Å². The van der Waals surface area contributed by atoms with Gasteiger partial charge >= 0.3 is 0 Å². The lowest BCUT2D eigenvalue weighted by Crippen LogP contribution is -2.42. The zero-order valence-corrected chi connectivity index (χ0v) is 10.0.